The smallest absolute Gasteiger partial charge is 0.339 e. The van der Waals surface area contributed by atoms with Crippen LogP contribution in [0.5, 0.6) is 5.75 Å². The normalized spacial score (nSPS) is 10.3. The van der Waals surface area contributed by atoms with Crippen LogP contribution in [0.25, 0.3) is 0 Å². The molecule has 1 aromatic carbocycles. The monoisotopic (exact) mass is 317 g/mol. The third-order valence-corrected chi connectivity index (χ3v) is 3.17. The maximum absolute atomic E-state index is 12.1. The van der Waals surface area contributed by atoms with Gasteiger partial charge in [-0.05, 0) is 30.7 Å². The highest BCUT2D eigenvalue weighted by Gasteiger charge is 2.20. The number of aryl methyl sites for hydroxylation is 1. The van der Waals surface area contributed by atoms with Gasteiger partial charge in [0, 0.05) is 18.2 Å². The molecule has 0 saturated carbocycles. The van der Waals surface area contributed by atoms with Crippen molar-refractivity contribution in [1.82, 2.24) is 0 Å². The molecule has 0 radical (unpaired) electrons. The van der Waals surface area contributed by atoms with Gasteiger partial charge in [-0.1, -0.05) is 13.8 Å². The molecule has 0 aliphatic carbocycles. The minimum atomic E-state index is -1.11. The minimum absolute atomic E-state index is 0.0148. The molecular formula is C17H19NO5. The highest BCUT2D eigenvalue weighted by Crippen LogP contribution is 2.20. The van der Waals surface area contributed by atoms with Crippen LogP contribution in [-0.4, -0.2) is 23.6 Å². The van der Waals surface area contributed by atoms with Gasteiger partial charge in [0.1, 0.15) is 17.1 Å². The quantitative estimate of drug-likeness (QED) is 0.814. The number of aromatic carboxylic acids is 1. The predicted octanol–water partition coefficient (Wildman–Crippen LogP) is 3.58. The van der Waals surface area contributed by atoms with Gasteiger partial charge in [0.2, 0.25) is 0 Å². The van der Waals surface area contributed by atoms with E-state index in [1.165, 1.54) is 6.07 Å². The number of carboxylic acid groups (broad SMARTS) is 1. The van der Waals surface area contributed by atoms with Gasteiger partial charge in [0.05, 0.1) is 6.61 Å². The number of carboxylic acids is 1. The van der Waals surface area contributed by atoms with Crippen molar-refractivity contribution in [3.8, 4) is 5.75 Å². The van der Waals surface area contributed by atoms with E-state index in [-0.39, 0.29) is 17.1 Å². The Morgan fingerprint density at radius 2 is 1.91 bits per heavy atom. The van der Waals surface area contributed by atoms with Gasteiger partial charge in [-0.2, -0.15) is 0 Å². The van der Waals surface area contributed by atoms with Crippen LogP contribution in [0.2, 0.25) is 0 Å². The molecule has 0 aliphatic rings. The molecular weight excluding hydrogens is 298 g/mol. The number of ether oxygens (including phenoxy) is 1. The number of carbonyl (C=O) groups excluding carboxylic acids is 1. The van der Waals surface area contributed by atoms with Crippen molar-refractivity contribution in [2.24, 2.45) is 0 Å². The molecule has 0 bridgehead atoms. The summed E-state index contributed by atoms with van der Waals surface area (Å²) in [6, 6.07) is 8.19. The topological polar surface area (TPSA) is 88.8 Å². The van der Waals surface area contributed by atoms with Crippen LogP contribution in [0.15, 0.2) is 34.7 Å². The van der Waals surface area contributed by atoms with Gasteiger partial charge >= 0.3 is 5.97 Å². The summed E-state index contributed by atoms with van der Waals surface area (Å²) in [7, 11) is 0. The Bertz CT molecular complexity index is 688. The van der Waals surface area contributed by atoms with Gasteiger partial charge in [0.25, 0.3) is 5.91 Å². The summed E-state index contributed by atoms with van der Waals surface area (Å²) in [4.78, 5) is 23.2. The lowest BCUT2D eigenvalue weighted by Crippen LogP contribution is -2.10. The van der Waals surface area contributed by atoms with Crippen molar-refractivity contribution < 1.29 is 23.8 Å². The van der Waals surface area contributed by atoms with Crippen molar-refractivity contribution in [3.63, 3.8) is 0 Å². The van der Waals surface area contributed by atoms with Crippen LogP contribution in [0.4, 0.5) is 5.69 Å². The highest BCUT2D eigenvalue weighted by atomic mass is 16.5. The first kappa shape index (κ1) is 16.6. The van der Waals surface area contributed by atoms with Crippen LogP contribution in [-0.2, 0) is 6.42 Å². The van der Waals surface area contributed by atoms with Gasteiger partial charge in [-0.3, -0.25) is 4.79 Å². The van der Waals surface area contributed by atoms with E-state index in [1.807, 2.05) is 6.92 Å². The molecule has 1 amide bonds. The zero-order valence-corrected chi connectivity index (χ0v) is 13.1. The summed E-state index contributed by atoms with van der Waals surface area (Å²) in [6.07, 6.45) is 1.32. The average molecular weight is 317 g/mol. The fourth-order valence-electron chi connectivity index (χ4n) is 2.03. The van der Waals surface area contributed by atoms with Crippen molar-refractivity contribution >= 4 is 17.6 Å². The molecule has 2 aromatic rings. The van der Waals surface area contributed by atoms with E-state index >= 15 is 0 Å². The fourth-order valence-corrected chi connectivity index (χ4v) is 2.03. The number of carbonyl (C=O) groups is 2. The van der Waals surface area contributed by atoms with Crippen LogP contribution < -0.4 is 10.1 Å². The molecule has 2 rings (SSSR count). The Balaban J connectivity index is 2.08. The molecule has 0 fully saturated rings. The highest BCUT2D eigenvalue weighted by molar-refractivity contribution is 6.04. The molecule has 0 unspecified atom stereocenters. The van der Waals surface area contributed by atoms with E-state index in [2.05, 4.69) is 5.32 Å². The number of hydrogen-bond donors (Lipinski definition) is 2. The van der Waals surface area contributed by atoms with Crippen molar-refractivity contribution in [1.29, 1.82) is 0 Å². The summed E-state index contributed by atoms with van der Waals surface area (Å²) in [5, 5.41) is 11.7. The minimum Gasteiger partial charge on any atom is -0.494 e. The third kappa shape index (κ3) is 4.12. The second kappa shape index (κ2) is 7.49. The lowest BCUT2D eigenvalue weighted by Gasteiger charge is -2.06. The second-order valence-electron chi connectivity index (χ2n) is 4.93. The molecule has 2 N–H and O–H groups in total. The number of anilines is 1. The Morgan fingerprint density at radius 1 is 1.22 bits per heavy atom. The second-order valence-corrected chi connectivity index (χ2v) is 4.93. The molecule has 1 aromatic heterocycles. The number of hydrogen-bond acceptors (Lipinski definition) is 4. The maximum atomic E-state index is 12.1. The van der Waals surface area contributed by atoms with Gasteiger partial charge in [0.15, 0.2) is 5.76 Å². The third-order valence-electron chi connectivity index (χ3n) is 3.17. The number of amides is 1. The van der Waals surface area contributed by atoms with E-state index in [0.717, 1.165) is 12.2 Å². The Labute approximate surface area is 134 Å². The Morgan fingerprint density at radius 3 is 2.43 bits per heavy atom. The van der Waals surface area contributed by atoms with E-state index in [9.17, 15) is 9.59 Å². The van der Waals surface area contributed by atoms with E-state index < -0.39 is 11.9 Å². The molecule has 1 heterocycles. The van der Waals surface area contributed by atoms with Crippen molar-refractivity contribution in [2.75, 3.05) is 11.9 Å². The summed E-state index contributed by atoms with van der Waals surface area (Å²) in [6.45, 7) is 4.42. The standard InChI is InChI=1S/C17H19NO5/c1-3-9-22-12-7-5-11(6-8-12)18-16(19)15-10-13(17(20)21)14(4-2)23-15/h5-8,10H,3-4,9H2,1-2H3,(H,18,19)(H,20,21). The molecule has 0 atom stereocenters. The largest absolute Gasteiger partial charge is 0.494 e. The van der Waals surface area contributed by atoms with Crippen LogP contribution >= 0.6 is 0 Å². The van der Waals surface area contributed by atoms with Crippen LogP contribution in [0, 0.1) is 0 Å². The zero-order chi connectivity index (χ0) is 16.8. The predicted molar refractivity (Wildman–Crippen MR) is 85.2 cm³/mol. The summed E-state index contributed by atoms with van der Waals surface area (Å²) in [5.41, 5.74) is 0.589. The zero-order valence-electron chi connectivity index (χ0n) is 13.1. The van der Waals surface area contributed by atoms with Gasteiger partial charge < -0.3 is 19.6 Å². The Kier molecular flexibility index (Phi) is 5.41. The molecule has 6 heteroatoms. The number of nitrogens with one attached hydrogen (secondary N) is 1. The van der Waals surface area contributed by atoms with Crippen molar-refractivity contribution in [3.05, 3.63) is 47.4 Å². The van der Waals surface area contributed by atoms with E-state index in [4.69, 9.17) is 14.3 Å². The Hall–Kier alpha value is -2.76. The van der Waals surface area contributed by atoms with Gasteiger partial charge in [-0.25, -0.2) is 4.79 Å². The molecule has 6 nitrogen and oxygen atoms in total. The SMILES string of the molecule is CCCOc1ccc(NC(=O)c2cc(C(=O)O)c(CC)o2)cc1. The first-order valence-electron chi connectivity index (χ1n) is 7.45. The molecule has 0 spiro atoms. The van der Waals surface area contributed by atoms with Crippen LogP contribution in [0.3, 0.4) is 0 Å². The van der Waals surface area contributed by atoms with Crippen LogP contribution in [0.1, 0.15) is 46.9 Å². The van der Waals surface area contributed by atoms with Gasteiger partial charge in [-0.15, -0.1) is 0 Å². The van der Waals surface area contributed by atoms with E-state index in [1.54, 1.807) is 31.2 Å². The van der Waals surface area contributed by atoms with E-state index in [0.29, 0.717) is 18.7 Å². The lowest BCUT2D eigenvalue weighted by atomic mass is 10.2. The molecule has 0 aliphatic heterocycles. The fraction of sp³-hybridized carbons (Fsp3) is 0.294. The van der Waals surface area contributed by atoms with Crippen molar-refractivity contribution in [2.45, 2.75) is 26.7 Å². The number of furan rings is 1. The summed E-state index contributed by atoms with van der Waals surface area (Å²) >= 11 is 0. The summed E-state index contributed by atoms with van der Waals surface area (Å²) < 4.78 is 10.8. The first-order valence-corrected chi connectivity index (χ1v) is 7.45. The molecule has 23 heavy (non-hydrogen) atoms. The molecule has 122 valence electrons. The number of benzene rings is 1. The maximum Gasteiger partial charge on any atom is 0.339 e. The molecule has 0 saturated heterocycles. The first-order chi connectivity index (χ1) is 11.0. The summed E-state index contributed by atoms with van der Waals surface area (Å²) in [5.74, 6) is -0.614. The lowest BCUT2D eigenvalue weighted by molar-refractivity contribution is 0.0694. The number of rotatable bonds is 7. The average Bonchev–Trinajstić information content (AvgIpc) is 2.99.